The maximum atomic E-state index is 11.8. The van der Waals surface area contributed by atoms with E-state index in [0.717, 1.165) is 27.4 Å². The molecule has 0 spiro atoms. The number of carbonyl (C=O) groups excluding carboxylic acids is 2. The van der Waals surface area contributed by atoms with Crippen molar-refractivity contribution in [3.8, 4) is 0 Å². The summed E-state index contributed by atoms with van der Waals surface area (Å²) in [6.45, 7) is -0.718. The van der Waals surface area contributed by atoms with Crippen molar-refractivity contribution in [1.29, 1.82) is 0 Å². The fourth-order valence-electron chi connectivity index (χ4n) is 1.88. The number of nitro groups is 1. The van der Waals surface area contributed by atoms with Gasteiger partial charge >= 0.3 is 0 Å². The Morgan fingerprint density at radius 1 is 1.12 bits per heavy atom. The van der Waals surface area contributed by atoms with Gasteiger partial charge in [0.2, 0.25) is 11.8 Å². The average Bonchev–Trinajstić information content (AvgIpc) is 2.57. The van der Waals surface area contributed by atoms with E-state index in [4.69, 9.17) is 0 Å². The number of anilines is 1. The highest BCUT2D eigenvalue weighted by Crippen LogP contribution is 2.13. The Labute approximate surface area is 149 Å². The first-order valence-corrected chi connectivity index (χ1v) is 7.81. The van der Waals surface area contributed by atoms with E-state index in [1.54, 1.807) is 24.3 Å². The molecule has 0 radical (unpaired) electrons. The molecule has 2 amide bonds. The molecule has 1 aromatic carbocycles. The van der Waals surface area contributed by atoms with E-state index in [2.05, 4.69) is 26.6 Å². The number of pyridine rings is 1. The van der Waals surface area contributed by atoms with Gasteiger partial charge in [-0.3, -0.25) is 29.1 Å². The summed E-state index contributed by atoms with van der Waals surface area (Å²) in [6.07, 6.45) is 0.976. The fraction of sp³-hybridized carbons (Fsp3) is 0.133. The van der Waals surface area contributed by atoms with E-state index in [9.17, 15) is 24.5 Å². The van der Waals surface area contributed by atoms with E-state index >= 15 is 0 Å². The molecular formula is C15H13BrN4O5. The Kier molecular flexibility index (Phi) is 6.01. The minimum absolute atomic E-state index is 0.293. The molecule has 2 N–H and O–H groups in total. The van der Waals surface area contributed by atoms with Crippen LogP contribution in [0.5, 0.6) is 0 Å². The SMILES string of the molecule is O=C(Cn1cc([N+](=O)[O-])ccc1=O)NCC(=O)Nc1ccc(Br)cc1. The maximum absolute atomic E-state index is 11.8. The monoisotopic (exact) mass is 408 g/mol. The van der Waals surface area contributed by atoms with Crippen LogP contribution >= 0.6 is 15.9 Å². The second kappa shape index (κ2) is 8.20. The van der Waals surface area contributed by atoms with Gasteiger partial charge in [-0.2, -0.15) is 0 Å². The lowest BCUT2D eigenvalue weighted by molar-refractivity contribution is -0.385. The average molecular weight is 409 g/mol. The summed E-state index contributed by atoms with van der Waals surface area (Å²) in [6, 6.07) is 8.94. The van der Waals surface area contributed by atoms with Gasteiger partial charge in [0.25, 0.3) is 11.2 Å². The van der Waals surface area contributed by atoms with E-state index in [0.29, 0.717) is 5.69 Å². The lowest BCUT2D eigenvalue weighted by atomic mass is 10.3. The van der Waals surface area contributed by atoms with Crippen molar-refractivity contribution in [1.82, 2.24) is 9.88 Å². The van der Waals surface area contributed by atoms with Crippen LogP contribution in [0.3, 0.4) is 0 Å². The van der Waals surface area contributed by atoms with E-state index in [1.165, 1.54) is 0 Å². The standard InChI is InChI=1S/C15H13BrN4O5/c16-10-1-3-11(4-2-10)18-13(21)7-17-14(22)9-19-8-12(20(24)25)5-6-15(19)23/h1-6,8H,7,9H2,(H,17,22)(H,18,21). The third-order valence-corrected chi connectivity index (χ3v) is 3.60. The number of carbonyl (C=O) groups is 2. The van der Waals surface area contributed by atoms with Crippen molar-refractivity contribution in [3.05, 3.63) is 67.5 Å². The van der Waals surface area contributed by atoms with Gasteiger partial charge in [0.15, 0.2) is 0 Å². The Bertz CT molecular complexity index is 863. The maximum Gasteiger partial charge on any atom is 0.285 e. The molecule has 9 nitrogen and oxygen atoms in total. The predicted octanol–water partition coefficient (Wildman–Crippen LogP) is 1.27. The first kappa shape index (κ1) is 18.3. The summed E-state index contributed by atoms with van der Waals surface area (Å²) in [5, 5.41) is 15.6. The van der Waals surface area contributed by atoms with Crippen LogP contribution < -0.4 is 16.2 Å². The first-order valence-electron chi connectivity index (χ1n) is 7.02. The zero-order valence-electron chi connectivity index (χ0n) is 12.8. The van der Waals surface area contributed by atoms with Gasteiger partial charge < -0.3 is 10.6 Å². The number of nitrogens with one attached hydrogen (secondary N) is 2. The molecular weight excluding hydrogens is 396 g/mol. The largest absolute Gasteiger partial charge is 0.345 e. The molecule has 0 aliphatic rings. The number of rotatable bonds is 6. The van der Waals surface area contributed by atoms with Gasteiger partial charge in [-0.05, 0) is 24.3 Å². The molecule has 0 saturated carbocycles. The molecule has 2 rings (SSSR count). The van der Waals surface area contributed by atoms with E-state index < -0.39 is 28.8 Å². The van der Waals surface area contributed by atoms with Crippen molar-refractivity contribution >= 4 is 39.1 Å². The Morgan fingerprint density at radius 3 is 2.44 bits per heavy atom. The smallest absolute Gasteiger partial charge is 0.285 e. The minimum atomic E-state index is -0.667. The van der Waals surface area contributed by atoms with Crippen LogP contribution in [0.25, 0.3) is 0 Å². The second-order valence-electron chi connectivity index (χ2n) is 4.94. The molecule has 0 unspecified atom stereocenters. The lowest BCUT2D eigenvalue weighted by Gasteiger charge is -2.08. The molecule has 130 valence electrons. The molecule has 0 atom stereocenters. The summed E-state index contributed by atoms with van der Waals surface area (Å²) in [7, 11) is 0. The van der Waals surface area contributed by atoms with Gasteiger partial charge in [-0.25, -0.2) is 0 Å². The third-order valence-electron chi connectivity index (χ3n) is 3.07. The molecule has 1 aromatic heterocycles. The number of hydrogen-bond acceptors (Lipinski definition) is 5. The van der Waals surface area contributed by atoms with Crippen molar-refractivity contribution < 1.29 is 14.5 Å². The van der Waals surface area contributed by atoms with Crippen molar-refractivity contribution in [2.24, 2.45) is 0 Å². The van der Waals surface area contributed by atoms with Gasteiger partial charge in [-0.15, -0.1) is 0 Å². The minimum Gasteiger partial charge on any atom is -0.345 e. The Hall–Kier alpha value is -3.01. The number of nitrogens with zero attached hydrogens (tertiary/aromatic N) is 2. The highest BCUT2D eigenvalue weighted by atomic mass is 79.9. The van der Waals surface area contributed by atoms with Crippen LogP contribution in [0.1, 0.15) is 0 Å². The number of benzene rings is 1. The molecule has 0 aliphatic carbocycles. The van der Waals surface area contributed by atoms with Crippen LogP contribution in [-0.4, -0.2) is 27.8 Å². The van der Waals surface area contributed by atoms with Crippen LogP contribution in [0, 0.1) is 10.1 Å². The van der Waals surface area contributed by atoms with Gasteiger partial charge in [-0.1, -0.05) is 15.9 Å². The summed E-state index contributed by atoms with van der Waals surface area (Å²) < 4.78 is 1.77. The zero-order chi connectivity index (χ0) is 18.4. The van der Waals surface area contributed by atoms with Crippen LogP contribution in [-0.2, 0) is 16.1 Å². The summed E-state index contributed by atoms with van der Waals surface area (Å²) >= 11 is 3.27. The van der Waals surface area contributed by atoms with Crippen LogP contribution in [0.15, 0.2) is 51.9 Å². The highest BCUT2D eigenvalue weighted by molar-refractivity contribution is 9.10. The summed E-state index contributed by atoms with van der Waals surface area (Å²) in [5.41, 5.74) is -0.294. The molecule has 2 aromatic rings. The molecule has 0 bridgehead atoms. The number of amides is 2. The third kappa shape index (κ3) is 5.53. The molecule has 10 heteroatoms. The quantitative estimate of drug-likeness (QED) is 0.550. The van der Waals surface area contributed by atoms with Gasteiger partial charge in [0.1, 0.15) is 6.54 Å². The fourth-order valence-corrected chi connectivity index (χ4v) is 2.14. The lowest BCUT2D eigenvalue weighted by Crippen LogP contribution is -2.36. The van der Waals surface area contributed by atoms with Crippen molar-refractivity contribution in [3.63, 3.8) is 0 Å². The Balaban J connectivity index is 1.89. The van der Waals surface area contributed by atoms with Crippen molar-refractivity contribution in [2.75, 3.05) is 11.9 Å². The number of aromatic nitrogens is 1. The van der Waals surface area contributed by atoms with Crippen LogP contribution in [0.2, 0.25) is 0 Å². The zero-order valence-corrected chi connectivity index (χ0v) is 14.4. The Morgan fingerprint density at radius 2 is 1.80 bits per heavy atom. The number of hydrogen-bond donors (Lipinski definition) is 2. The van der Waals surface area contributed by atoms with Gasteiger partial charge in [0, 0.05) is 22.3 Å². The van der Waals surface area contributed by atoms with Crippen molar-refractivity contribution in [2.45, 2.75) is 6.54 Å². The molecule has 0 saturated heterocycles. The molecule has 1 heterocycles. The summed E-state index contributed by atoms with van der Waals surface area (Å²) in [5.74, 6) is -1.06. The van der Waals surface area contributed by atoms with E-state index in [1.807, 2.05) is 0 Å². The molecule has 25 heavy (non-hydrogen) atoms. The highest BCUT2D eigenvalue weighted by Gasteiger charge is 2.11. The van der Waals surface area contributed by atoms with E-state index in [-0.39, 0.29) is 12.2 Å². The topological polar surface area (TPSA) is 123 Å². The predicted molar refractivity (Wildman–Crippen MR) is 93.1 cm³/mol. The number of halogens is 1. The second-order valence-corrected chi connectivity index (χ2v) is 5.86. The molecule has 0 aliphatic heterocycles. The summed E-state index contributed by atoms with van der Waals surface area (Å²) in [4.78, 5) is 45.2. The normalized spacial score (nSPS) is 10.1. The van der Waals surface area contributed by atoms with Crippen LogP contribution in [0.4, 0.5) is 11.4 Å². The first-order chi connectivity index (χ1) is 11.8. The molecule has 0 fully saturated rings. The van der Waals surface area contributed by atoms with Gasteiger partial charge in [0.05, 0.1) is 17.7 Å².